The zero-order valence-corrected chi connectivity index (χ0v) is 8.34. The van der Waals surface area contributed by atoms with Gasteiger partial charge in [-0.1, -0.05) is 25.1 Å². The predicted octanol–water partition coefficient (Wildman–Crippen LogP) is 2.57. The van der Waals surface area contributed by atoms with Crippen LogP contribution in [0.15, 0.2) is 18.2 Å². The van der Waals surface area contributed by atoms with E-state index in [0.717, 1.165) is 12.5 Å². The summed E-state index contributed by atoms with van der Waals surface area (Å²) < 4.78 is 5.11. The Morgan fingerprint density at radius 2 is 2.08 bits per heavy atom. The van der Waals surface area contributed by atoms with E-state index in [-0.39, 0.29) is 0 Å². The molecule has 0 heterocycles. The highest BCUT2D eigenvalue weighted by Crippen LogP contribution is 2.27. The standard InChI is InChI=1S/C12H16O/c1-9-5-11-4-3-10(8-13-2)7-12(11)6-9/h3-4,7,9H,5-6,8H2,1-2H3. The minimum atomic E-state index is 0.738. The Labute approximate surface area is 79.7 Å². The minimum absolute atomic E-state index is 0.738. The number of ether oxygens (including phenoxy) is 1. The SMILES string of the molecule is COCc1ccc2c(c1)CC(C)C2. The number of fused-ring (bicyclic) bond motifs is 1. The van der Waals surface area contributed by atoms with Gasteiger partial charge in [0.25, 0.3) is 0 Å². The molecule has 1 atom stereocenters. The highest BCUT2D eigenvalue weighted by Gasteiger charge is 2.17. The van der Waals surface area contributed by atoms with Gasteiger partial charge in [0, 0.05) is 7.11 Å². The highest BCUT2D eigenvalue weighted by atomic mass is 16.5. The Bertz CT molecular complexity index is 304. The Balaban J connectivity index is 2.24. The maximum Gasteiger partial charge on any atom is 0.0713 e. The topological polar surface area (TPSA) is 9.23 Å². The third kappa shape index (κ3) is 1.75. The van der Waals surface area contributed by atoms with Gasteiger partial charge in [-0.05, 0) is 35.4 Å². The van der Waals surface area contributed by atoms with Crippen LogP contribution < -0.4 is 0 Å². The van der Waals surface area contributed by atoms with E-state index < -0.39 is 0 Å². The maximum absolute atomic E-state index is 5.11. The fraction of sp³-hybridized carbons (Fsp3) is 0.500. The van der Waals surface area contributed by atoms with Crippen molar-refractivity contribution in [1.82, 2.24) is 0 Å². The summed E-state index contributed by atoms with van der Waals surface area (Å²) in [5.74, 6) is 0.827. The number of hydrogen-bond acceptors (Lipinski definition) is 1. The van der Waals surface area contributed by atoms with Crippen molar-refractivity contribution in [2.75, 3.05) is 7.11 Å². The third-order valence-corrected chi connectivity index (χ3v) is 2.72. The fourth-order valence-electron chi connectivity index (χ4n) is 2.15. The van der Waals surface area contributed by atoms with Crippen molar-refractivity contribution in [1.29, 1.82) is 0 Å². The molecule has 1 unspecified atom stereocenters. The van der Waals surface area contributed by atoms with Crippen molar-refractivity contribution < 1.29 is 4.74 Å². The summed E-state index contributed by atoms with van der Waals surface area (Å²) in [5.41, 5.74) is 4.37. The summed E-state index contributed by atoms with van der Waals surface area (Å²) in [4.78, 5) is 0. The molecule has 0 spiro atoms. The molecule has 0 amide bonds. The first-order chi connectivity index (χ1) is 6.29. The number of hydrogen-bond donors (Lipinski definition) is 0. The van der Waals surface area contributed by atoms with Crippen LogP contribution in [0.3, 0.4) is 0 Å². The van der Waals surface area contributed by atoms with Crippen LogP contribution in [-0.2, 0) is 24.2 Å². The Hall–Kier alpha value is -0.820. The minimum Gasteiger partial charge on any atom is -0.380 e. The molecule has 70 valence electrons. The van der Waals surface area contributed by atoms with Crippen LogP contribution in [0.4, 0.5) is 0 Å². The lowest BCUT2D eigenvalue weighted by Crippen LogP contribution is -1.90. The van der Waals surface area contributed by atoms with Crippen molar-refractivity contribution in [3.8, 4) is 0 Å². The molecule has 13 heavy (non-hydrogen) atoms. The molecular weight excluding hydrogens is 160 g/mol. The Kier molecular flexibility index (Phi) is 2.36. The summed E-state index contributed by atoms with van der Waals surface area (Å²) in [6.07, 6.45) is 2.50. The number of benzene rings is 1. The van der Waals surface area contributed by atoms with Crippen LogP contribution >= 0.6 is 0 Å². The van der Waals surface area contributed by atoms with E-state index >= 15 is 0 Å². The molecule has 1 heteroatoms. The molecule has 0 saturated heterocycles. The van der Waals surface area contributed by atoms with Gasteiger partial charge in [0.1, 0.15) is 0 Å². The lowest BCUT2D eigenvalue weighted by atomic mass is 10.1. The predicted molar refractivity (Wildman–Crippen MR) is 53.7 cm³/mol. The fourth-order valence-corrected chi connectivity index (χ4v) is 2.15. The monoisotopic (exact) mass is 176 g/mol. The molecule has 0 radical (unpaired) electrons. The molecule has 1 nitrogen and oxygen atoms in total. The summed E-state index contributed by atoms with van der Waals surface area (Å²) in [7, 11) is 1.75. The molecule has 1 aromatic carbocycles. The zero-order valence-electron chi connectivity index (χ0n) is 8.34. The van der Waals surface area contributed by atoms with Crippen molar-refractivity contribution in [3.05, 3.63) is 34.9 Å². The van der Waals surface area contributed by atoms with E-state index in [1.54, 1.807) is 7.11 Å². The molecule has 0 saturated carbocycles. The average Bonchev–Trinajstić information content (AvgIpc) is 2.44. The molecule has 0 aromatic heterocycles. The van der Waals surface area contributed by atoms with Gasteiger partial charge >= 0.3 is 0 Å². The summed E-state index contributed by atoms with van der Waals surface area (Å²) in [6, 6.07) is 6.73. The molecule has 0 N–H and O–H groups in total. The molecule has 1 aliphatic rings. The van der Waals surface area contributed by atoms with Crippen molar-refractivity contribution in [3.63, 3.8) is 0 Å². The summed E-state index contributed by atoms with van der Waals surface area (Å²) in [6.45, 7) is 3.05. The van der Waals surface area contributed by atoms with Gasteiger partial charge in [0.05, 0.1) is 6.61 Å². The number of methoxy groups -OCH3 is 1. The van der Waals surface area contributed by atoms with Gasteiger partial charge < -0.3 is 4.74 Å². The van der Waals surface area contributed by atoms with Crippen LogP contribution in [0.2, 0.25) is 0 Å². The molecule has 1 aliphatic carbocycles. The normalized spacial score (nSPS) is 20.3. The van der Waals surface area contributed by atoms with Crippen molar-refractivity contribution >= 4 is 0 Å². The lowest BCUT2D eigenvalue weighted by molar-refractivity contribution is 0.185. The highest BCUT2D eigenvalue weighted by molar-refractivity contribution is 5.35. The lowest BCUT2D eigenvalue weighted by Gasteiger charge is -2.02. The third-order valence-electron chi connectivity index (χ3n) is 2.72. The second-order valence-electron chi connectivity index (χ2n) is 4.05. The molecule has 1 aromatic rings. The van der Waals surface area contributed by atoms with Crippen molar-refractivity contribution in [2.24, 2.45) is 5.92 Å². The van der Waals surface area contributed by atoms with Gasteiger partial charge in [-0.3, -0.25) is 0 Å². The summed E-state index contributed by atoms with van der Waals surface area (Å²) >= 11 is 0. The van der Waals surface area contributed by atoms with Gasteiger partial charge in [-0.2, -0.15) is 0 Å². The van der Waals surface area contributed by atoms with Crippen LogP contribution in [0.1, 0.15) is 23.6 Å². The van der Waals surface area contributed by atoms with E-state index in [0.29, 0.717) is 0 Å². The van der Waals surface area contributed by atoms with Crippen molar-refractivity contribution in [2.45, 2.75) is 26.4 Å². The van der Waals surface area contributed by atoms with E-state index in [2.05, 4.69) is 25.1 Å². The average molecular weight is 176 g/mol. The van der Waals surface area contributed by atoms with E-state index in [4.69, 9.17) is 4.74 Å². The van der Waals surface area contributed by atoms with E-state index in [1.165, 1.54) is 29.5 Å². The first kappa shape index (κ1) is 8.76. The second-order valence-corrected chi connectivity index (χ2v) is 4.05. The van der Waals surface area contributed by atoms with Gasteiger partial charge in [0.15, 0.2) is 0 Å². The first-order valence-electron chi connectivity index (χ1n) is 4.89. The molecule has 0 aliphatic heterocycles. The van der Waals surface area contributed by atoms with Crippen LogP contribution in [0.25, 0.3) is 0 Å². The Morgan fingerprint density at radius 1 is 1.31 bits per heavy atom. The first-order valence-corrected chi connectivity index (χ1v) is 4.89. The van der Waals surface area contributed by atoms with E-state index in [9.17, 15) is 0 Å². The number of rotatable bonds is 2. The zero-order chi connectivity index (χ0) is 9.26. The van der Waals surface area contributed by atoms with Crippen LogP contribution in [-0.4, -0.2) is 7.11 Å². The molecular formula is C12H16O. The van der Waals surface area contributed by atoms with Gasteiger partial charge in [-0.25, -0.2) is 0 Å². The molecule has 0 bridgehead atoms. The smallest absolute Gasteiger partial charge is 0.0713 e. The van der Waals surface area contributed by atoms with Gasteiger partial charge in [0.2, 0.25) is 0 Å². The Morgan fingerprint density at radius 3 is 2.85 bits per heavy atom. The van der Waals surface area contributed by atoms with E-state index in [1.807, 2.05) is 0 Å². The van der Waals surface area contributed by atoms with Crippen LogP contribution in [0, 0.1) is 5.92 Å². The largest absolute Gasteiger partial charge is 0.380 e. The van der Waals surface area contributed by atoms with Crippen LogP contribution in [0.5, 0.6) is 0 Å². The molecule has 2 rings (SSSR count). The quantitative estimate of drug-likeness (QED) is 0.673. The second kappa shape index (κ2) is 3.51. The summed E-state index contributed by atoms with van der Waals surface area (Å²) in [5, 5.41) is 0. The molecule has 0 fully saturated rings. The maximum atomic E-state index is 5.11. The van der Waals surface area contributed by atoms with Gasteiger partial charge in [-0.15, -0.1) is 0 Å².